The van der Waals surface area contributed by atoms with E-state index in [0.29, 0.717) is 12.6 Å². The van der Waals surface area contributed by atoms with Crippen LogP contribution in [-0.2, 0) is 0 Å². The molecule has 106 valence electrons. The largest absolute Gasteiger partial charge is 0.490 e. The number of halogens is 1. The Morgan fingerprint density at radius 1 is 1.40 bits per heavy atom. The lowest BCUT2D eigenvalue weighted by molar-refractivity contribution is 0.238. The Balaban J connectivity index is 1.67. The fourth-order valence-corrected chi connectivity index (χ4v) is 3.37. The highest BCUT2D eigenvalue weighted by Gasteiger charge is 2.13. The summed E-state index contributed by atoms with van der Waals surface area (Å²) in [6.07, 6.45) is 7.31. The van der Waals surface area contributed by atoms with E-state index in [1.54, 1.807) is 6.20 Å². The molecule has 1 aliphatic rings. The summed E-state index contributed by atoms with van der Waals surface area (Å²) < 4.78 is 6.65. The number of rotatable bonds is 4. The topological polar surface area (TPSA) is 34.1 Å². The molecule has 1 atom stereocenters. The van der Waals surface area contributed by atoms with Crippen LogP contribution in [0.2, 0.25) is 4.34 Å². The number of hydrogen-bond acceptors (Lipinski definition) is 4. The molecule has 0 saturated carbocycles. The first-order valence-corrected chi connectivity index (χ1v) is 8.13. The summed E-state index contributed by atoms with van der Waals surface area (Å²) in [6, 6.07) is 4.47. The number of nitrogens with one attached hydrogen (secondary N) is 1. The van der Waals surface area contributed by atoms with Crippen molar-refractivity contribution >= 4 is 22.9 Å². The normalized spacial score (nSPS) is 18.9. The molecule has 0 amide bonds. The Bertz CT molecular complexity index is 567. The Morgan fingerprint density at radius 2 is 2.35 bits per heavy atom. The summed E-state index contributed by atoms with van der Waals surface area (Å²) >= 11 is 7.69. The molecule has 20 heavy (non-hydrogen) atoms. The minimum Gasteiger partial charge on any atom is -0.490 e. The first-order valence-electron chi connectivity index (χ1n) is 6.87. The molecule has 0 aromatic carbocycles. The summed E-state index contributed by atoms with van der Waals surface area (Å²) in [6.45, 7) is 1.79. The van der Waals surface area contributed by atoms with Crippen LogP contribution >= 0.6 is 22.9 Å². The van der Waals surface area contributed by atoms with Gasteiger partial charge in [-0.05, 0) is 36.9 Å². The Labute approximate surface area is 127 Å². The van der Waals surface area contributed by atoms with Gasteiger partial charge in [0.2, 0.25) is 0 Å². The minimum absolute atomic E-state index is 0.456. The molecule has 0 aliphatic carbocycles. The minimum atomic E-state index is 0.456. The number of hydrogen-bond donors (Lipinski definition) is 1. The molecule has 3 rings (SSSR count). The zero-order valence-corrected chi connectivity index (χ0v) is 12.7. The van der Waals surface area contributed by atoms with Crippen molar-refractivity contribution in [3.05, 3.63) is 34.2 Å². The smallest absolute Gasteiger partial charge is 0.138 e. The SMILES string of the molecule is Clc1sccc1-c1cncc(OCC2CCCCN2)c1. The van der Waals surface area contributed by atoms with E-state index in [1.165, 1.54) is 30.6 Å². The predicted octanol–water partition coefficient (Wildman–Crippen LogP) is 3.98. The maximum absolute atomic E-state index is 6.17. The van der Waals surface area contributed by atoms with Crippen LogP contribution in [0, 0.1) is 0 Å². The van der Waals surface area contributed by atoms with E-state index in [4.69, 9.17) is 16.3 Å². The van der Waals surface area contributed by atoms with Gasteiger partial charge in [-0.3, -0.25) is 4.98 Å². The monoisotopic (exact) mass is 308 g/mol. The number of aromatic nitrogens is 1. The van der Waals surface area contributed by atoms with Crippen molar-refractivity contribution in [3.63, 3.8) is 0 Å². The molecular weight excluding hydrogens is 292 g/mol. The van der Waals surface area contributed by atoms with Crippen molar-refractivity contribution < 1.29 is 4.74 Å². The van der Waals surface area contributed by atoms with E-state index in [2.05, 4.69) is 10.3 Å². The fraction of sp³-hybridized carbons (Fsp3) is 0.400. The van der Waals surface area contributed by atoms with Crippen LogP contribution in [0.5, 0.6) is 5.75 Å². The maximum atomic E-state index is 6.17. The van der Waals surface area contributed by atoms with Gasteiger partial charge in [0.15, 0.2) is 0 Å². The molecule has 0 spiro atoms. The Morgan fingerprint density at radius 3 is 3.10 bits per heavy atom. The lowest BCUT2D eigenvalue weighted by Crippen LogP contribution is -2.38. The van der Waals surface area contributed by atoms with Gasteiger partial charge in [-0.1, -0.05) is 18.0 Å². The van der Waals surface area contributed by atoms with Crippen LogP contribution in [0.3, 0.4) is 0 Å². The van der Waals surface area contributed by atoms with E-state index < -0.39 is 0 Å². The van der Waals surface area contributed by atoms with E-state index in [1.807, 2.05) is 23.7 Å². The zero-order valence-electron chi connectivity index (χ0n) is 11.1. The van der Waals surface area contributed by atoms with Gasteiger partial charge < -0.3 is 10.1 Å². The second-order valence-corrected chi connectivity index (χ2v) is 6.49. The first kappa shape index (κ1) is 13.9. The molecule has 1 N–H and O–H groups in total. The number of pyridine rings is 1. The average molecular weight is 309 g/mol. The van der Waals surface area contributed by atoms with E-state index in [-0.39, 0.29) is 0 Å². The molecule has 5 heteroatoms. The molecule has 1 saturated heterocycles. The molecular formula is C15H17ClN2OS. The number of piperidine rings is 1. The van der Waals surface area contributed by atoms with Gasteiger partial charge in [0, 0.05) is 23.4 Å². The Hall–Kier alpha value is -1.10. The van der Waals surface area contributed by atoms with Crippen molar-refractivity contribution in [2.45, 2.75) is 25.3 Å². The standard InChI is InChI=1S/C15H17ClN2OS/c16-15-14(4-6-20-15)11-7-13(9-17-8-11)19-10-12-3-1-2-5-18-12/h4,6-9,12,18H,1-3,5,10H2. The van der Waals surface area contributed by atoms with Crippen molar-refractivity contribution in [1.29, 1.82) is 0 Å². The van der Waals surface area contributed by atoms with E-state index in [9.17, 15) is 0 Å². The summed E-state index contributed by atoms with van der Waals surface area (Å²) in [5.41, 5.74) is 2.02. The third kappa shape index (κ3) is 3.32. The summed E-state index contributed by atoms with van der Waals surface area (Å²) in [5.74, 6) is 0.803. The van der Waals surface area contributed by atoms with Gasteiger partial charge >= 0.3 is 0 Å². The number of thiophene rings is 1. The quantitative estimate of drug-likeness (QED) is 0.927. The molecule has 3 nitrogen and oxygen atoms in total. The third-order valence-corrected chi connectivity index (χ3v) is 4.68. The second kappa shape index (κ2) is 6.57. The Kier molecular flexibility index (Phi) is 4.55. The van der Waals surface area contributed by atoms with Gasteiger partial charge in [-0.15, -0.1) is 11.3 Å². The molecule has 1 unspecified atom stereocenters. The highest BCUT2D eigenvalue weighted by molar-refractivity contribution is 7.15. The van der Waals surface area contributed by atoms with Crippen molar-refractivity contribution in [3.8, 4) is 16.9 Å². The molecule has 0 radical (unpaired) electrons. The second-order valence-electron chi connectivity index (χ2n) is 4.98. The molecule has 2 aromatic heterocycles. The molecule has 1 fully saturated rings. The van der Waals surface area contributed by atoms with Gasteiger partial charge in [0.05, 0.1) is 6.20 Å². The number of nitrogens with zero attached hydrogens (tertiary/aromatic N) is 1. The third-order valence-electron chi connectivity index (χ3n) is 3.51. The molecule has 1 aliphatic heterocycles. The molecule has 2 aromatic rings. The van der Waals surface area contributed by atoms with Crippen LogP contribution in [0.15, 0.2) is 29.9 Å². The van der Waals surface area contributed by atoms with Gasteiger partial charge in [0.1, 0.15) is 16.7 Å². The fourth-order valence-electron chi connectivity index (χ4n) is 2.41. The van der Waals surface area contributed by atoms with Crippen LogP contribution in [0.1, 0.15) is 19.3 Å². The van der Waals surface area contributed by atoms with Gasteiger partial charge in [0.25, 0.3) is 0 Å². The predicted molar refractivity (Wildman–Crippen MR) is 83.7 cm³/mol. The van der Waals surface area contributed by atoms with Gasteiger partial charge in [-0.25, -0.2) is 0 Å². The lowest BCUT2D eigenvalue weighted by atomic mass is 10.1. The van der Waals surface area contributed by atoms with Crippen LogP contribution in [0.4, 0.5) is 0 Å². The van der Waals surface area contributed by atoms with Crippen LogP contribution in [-0.4, -0.2) is 24.2 Å². The number of ether oxygens (including phenoxy) is 1. The van der Waals surface area contributed by atoms with Gasteiger partial charge in [-0.2, -0.15) is 0 Å². The summed E-state index contributed by atoms with van der Waals surface area (Å²) in [7, 11) is 0. The highest BCUT2D eigenvalue weighted by Crippen LogP contribution is 2.33. The molecule has 0 bridgehead atoms. The van der Waals surface area contributed by atoms with E-state index in [0.717, 1.165) is 27.8 Å². The maximum Gasteiger partial charge on any atom is 0.138 e. The van der Waals surface area contributed by atoms with Crippen LogP contribution < -0.4 is 10.1 Å². The summed E-state index contributed by atoms with van der Waals surface area (Å²) in [4.78, 5) is 4.25. The van der Waals surface area contributed by atoms with Crippen molar-refractivity contribution in [1.82, 2.24) is 10.3 Å². The lowest BCUT2D eigenvalue weighted by Gasteiger charge is -2.23. The van der Waals surface area contributed by atoms with E-state index >= 15 is 0 Å². The van der Waals surface area contributed by atoms with Crippen molar-refractivity contribution in [2.24, 2.45) is 0 Å². The highest BCUT2D eigenvalue weighted by atomic mass is 35.5. The van der Waals surface area contributed by atoms with Crippen LogP contribution in [0.25, 0.3) is 11.1 Å². The van der Waals surface area contributed by atoms with Crippen molar-refractivity contribution in [2.75, 3.05) is 13.2 Å². The summed E-state index contributed by atoms with van der Waals surface area (Å²) in [5, 5.41) is 5.46. The first-order chi connectivity index (χ1) is 9.83. The average Bonchev–Trinajstić information content (AvgIpc) is 2.93. The zero-order chi connectivity index (χ0) is 13.8. The molecule has 3 heterocycles.